The Bertz CT molecular complexity index is 521. The lowest BCUT2D eigenvalue weighted by molar-refractivity contribution is 0.0267. The summed E-state index contributed by atoms with van der Waals surface area (Å²) in [6, 6.07) is 5.71. The van der Waals surface area contributed by atoms with E-state index in [4.69, 9.17) is 10.00 Å². The van der Waals surface area contributed by atoms with Crippen molar-refractivity contribution in [3.63, 3.8) is 0 Å². The number of carbonyl (C=O) groups is 1. The average molecular weight is 307 g/mol. The summed E-state index contributed by atoms with van der Waals surface area (Å²) >= 11 is 1.41. The molecule has 1 saturated heterocycles. The summed E-state index contributed by atoms with van der Waals surface area (Å²) in [6.07, 6.45) is 0.971. The molecule has 1 fully saturated rings. The third kappa shape index (κ3) is 4.45. The molecule has 5 nitrogen and oxygen atoms in total. The van der Waals surface area contributed by atoms with Crippen molar-refractivity contribution < 1.29 is 9.53 Å². The topological polar surface area (TPSA) is 65.4 Å². The summed E-state index contributed by atoms with van der Waals surface area (Å²) < 4.78 is 5.77. The van der Waals surface area contributed by atoms with Crippen molar-refractivity contribution in [2.24, 2.45) is 5.92 Å². The Morgan fingerprint density at radius 2 is 2.43 bits per heavy atom. The molecule has 0 saturated carbocycles. The van der Waals surface area contributed by atoms with Gasteiger partial charge in [-0.05, 0) is 24.5 Å². The third-order valence-electron chi connectivity index (χ3n) is 3.52. The molecule has 21 heavy (non-hydrogen) atoms. The van der Waals surface area contributed by atoms with Gasteiger partial charge in [0.05, 0.1) is 12.6 Å². The predicted octanol–water partition coefficient (Wildman–Crippen LogP) is 2.58. The van der Waals surface area contributed by atoms with Crippen molar-refractivity contribution in [2.45, 2.75) is 32.9 Å². The van der Waals surface area contributed by atoms with Crippen molar-refractivity contribution in [1.29, 1.82) is 5.26 Å². The van der Waals surface area contributed by atoms with E-state index in [9.17, 15) is 4.79 Å². The van der Waals surface area contributed by atoms with Gasteiger partial charge in [0.15, 0.2) is 0 Å². The first-order valence-corrected chi connectivity index (χ1v) is 8.05. The van der Waals surface area contributed by atoms with Crippen LogP contribution in [0.3, 0.4) is 0 Å². The highest BCUT2D eigenvalue weighted by Gasteiger charge is 2.24. The molecule has 114 valence electrons. The van der Waals surface area contributed by atoms with Crippen molar-refractivity contribution >= 4 is 17.4 Å². The second-order valence-corrected chi connectivity index (χ2v) is 6.66. The van der Waals surface area contributed by atoms with E-state index in [1.165, 1.54) is 11.3 Å². The van der Waals surface area contributed by atoms with Crippen LogP contribution >= 0.6 is 11.3 Å². The smallest absolute Gasteiger partial charge is 0.317 e. The molecule has 0 unspecified atom stereocenters. The molecule has 0 bridgehead atoms. The number of nitrogens with zero attached hydrogens (tertiary/aromatic N) is 2. The molecule has 2 heterocycles. The van der Waals surface area contributed by atoms with Crippen molar-refractivity contribution in [1.82, 2.24) is 10.2 Å². The molecule has 6 heteroatoms. The molecule has 0 radical (unpaired) electrons. The number of hydrogen-bond donors (Lipinski definition) is 1. The molecule has 1 aliphatic rings. The first-order chi connectivity index (χ1) is 10.1. The summed E-state index contributed by atoms with van der Waals surface area (Å²) in [5.41, 5.74) is 0. The van der Waals surface area contributed by atoms with E-state index in [-0.39, 0.29) is 12.1 Å². The largest absolute Gasteiger partial charge is 0.376 e. The Kier molecular flexibility index (Phi) is 5.59. The van der Waals surface area contributed by atoms with E-state index in [1.54, 1.807) is 6.07 Å². The van der Waals surface area contributed by atoms with Gasteiger partial charge in [0.25, 0.3) is 0 Å². The molecule has 0 aromatic carbocycles. The zero-order valence-electron chi connectivity index (χ0n) is 12.5. The standard InChI is InChI=1S/C15H21N3O2S/c1-11(2)14-10-18(6-3-7-20-14)15(19)17-9-13-5-4-12(8-16)21-13/h4-5,11,14H,3,6-7,9-10H2,1-2H3,(H,17,19)/t14-/m1/s1. The first-order valence-electron chi connectivity index (χ1n) is 7.23. The Balaban J connectivity index is 1.88. The Morgan fingerprint density at radius 1 is 1.62 bits per heavy atom. The van der Waals surface area contributed by atoms with Gasteiger partial charge < -0.3 is 15.0 Å². The monoisotopic (exact) mass is 307 g/mol. The summed E-state index contributed by atoms with van der Waals surface area (Å²) in [6.45, 7) is 6.76. The zero-order chi connectivity index (χ0) is 15.2. The molecule has 2 amide bonds. The van der Waals surface area contributed by atoms with E-state index in [0.29, 0.717) is 30.5 Å². The van der Waals surface area contributed by atoms with Gasteiger partial charge in [-0.15, -0.1) is 11.3 Å². The minimum Gasteiger partial charge on any atom is -0.376 e. The van der Waals surface area contributed by atoms with Crippen LogP contribution in [0.1, 0.15) is 30.0 Å². The first kappa shape index (κ1) is 15.8. The summed E-state index contributed by atoms with van der Waals surface area (Å²) in [7, 11) is 0. The highest BCUT2D eigenvalue weighted by atomic mass is 32.1. The van der Waals surface area contributed by atoms with E-state index >= 15 is 0 Å². The van der Waals surface area contributed by atoms with Crippen molar-refractivity contribution in [3.8, 4) is 6.07 Å². The lowest BCUT2D eigenvalue weighted by Gasteiger charge is -2.26. The van der Waals surface area contributed by atoms with Crippen LogP contribution in [0.2, 0.25) is 0 Å². The third-order valence-corrected chi connectivity index (χ3v) is 4.51. The number of nitrogens with one attached hydrogen (secondary N) is 1. The van der Waals surface area contributed by atoms with Crippen LogP contribution in [-0.4, -0.2) is 36.7 Å². The lowest BCUT2D eigenvalue weighted by atomic mass is 10.1. The minimum absolute atomic E-state index is 0.0574. The minimum atomic E-state index is -0.0574. The fourth-order valence-corrected chi connectivity index (χ4v) is 2.99. The van der Waals surface area contributed by atoms with E-state index in [2.05, 4.69) is 25.2 Å². The summed E-state index contributed by atoms with van der Waals surface area (Å²) in [5, 5.41) is 11.7. The van der Waals surface area contributed by atoms with Crippen molar-refractivity contribution in [3.05, 3.63) is 21.9 Å². The number of carbonyl (C=O) groups excluding carboxylic acids is 1. The van der Waals surface area contributed by atoms with Gasteiger partial charge in [-0.1, -0.05) is 13.8 Å². The fraction of sp³-hybridized carbons (Fsp3) is 0.600. The fourth-order valence-electron chi connectivity index (χ4n) is 2.25. The predicted molar refractivity (Wildman–Crippen MR) is 82.0 cm³/mol. The molecular weight excluding hydrogens is 286 g/mol. The van der Waals surface area contributed by atoms with Crippen LogP contribution < -0.4 is 5.32 Å². The maximum absolute atomic E-state index is 12.3. The van der Waals surface area contributed by atoms with Crippen LogP contribution in [-0.2, 0) is 11.3 Å². The molecule has 1 aromatic rings. The normalized spacial score (nSPS) is 19.1. The van der Waals surface area contributed by atoms with Gasteiger partial charge >= 0.3 is 6.03 Å². The number of amides is 2. The number of nitriles is 1. The second-order valence-electron chi connectivity index (χ2n) is 5.49. The number of hydrogen-bond acceptors (Lipinski definition) is 4. The molecule has 0 aliphatic carbocycles. The highest BCUT2D eigenvalue weighted by Crippen LogP contribution is 2.16. The van der Waals surface area contributed by atoms with Crippen LogP contribution in [0, 0.1) is 17.2 Å². The Labute approximate surface area is 129 Å². The number of thiophene rings is 1. The summed E-state index contributed by atoms with van der Waals surface area (Å²) in [4.78, 5) is 15.8. The summed E-state index contributed by atoms with van der Waals surface area (Å²) in [5.74, 6) is 0.397. The maximum Gasteiger partial charge on any atom is 0.317 e. The molecule has 1 aliphatic heterocycles. The number of ether oxygens (including phenoxy) is 1. The van der Waals surface area contributed by atoms with E-state index < -0.39 is 0 Å². The van der Waals surface area contributed by atoms with Crippen LogP contribution in [0.15, 0.2) is 12.1 Å². The van der Waals surface area contributed by atoms with Crippen molar-refractivity contribution in [2.75, 3.05) is 19.7 Å². The molecular formula is C15H21N3O2S. The van der Waals surface area contributed by atoms with E-state index in [0.717, 1.165) is 17.8 Å². The quantitative estimate of drug-likeness (QED) is 0.933. The zero-order valence-corrected chi connectivity index (χ0v) is 13.3. The Hall–Kier alpha value is -1.58. The van der Waals surface area contributed by atoms with Crippen LogP contribution in [0.25, 0.3) is 0 Å². The molecule has 2 rings (SSSR count). The molecule has 0 spiro atoms. The van der Waals surface area contributed by atoms with Gasteiger partial charge in [0.1, 0.15) is 10.9 Å². The van der Waals surface area contributed by atoms with Gasteiger partial charge in [-0.25, -0.2) is 4.79 Å². The van der Waals surface area contributed by atoms with Crippen LogP contribution in [0.5, 0.6) is 0 Å². The van der Waals surface area contributed by atoms with Gasteiger partial charge in [-0.3, -0.25) is 0 Å². The van der Waals surface area contributed by atoms with Gasteiger partial charge in [0, 0.05) is 24.6 Å². The van der Waals surface area contributed by atoms with Crippen LogP contribution in [0.4, 0.5) is 4.79 Å². The van der Waals surface area contributed by atoms with Gasteiger partial charge in [0.2, 0.25) is 0 Å². The average Bonchev–Trinajstić information content (AvgIpc) is 2.78. The lowest BCUT2D eigenvalue weighted by Crippen LogP contribution is -2.44. The maximum atomic E-state index is 12.3. The number of urea groups is 1. The Morgan fingerprint density at radius 3 is 3.10 bits per heavy atom. The number of rotatable bonds is 3. The molecule has 1 atom stereocenters. The van der Waals surface area contributed by atoms with E-state index in [1.807, 2.05) is 11.0 Å². The molecule has 1 N–H and O–H groups in total. The second kappa shape index (κ2) is 7.43. The molecule has 1 aromatic heterocycles. The highest BCUT2D eigenvalue weighted by molar-refractivity contribution is 7.12. The SMILES string of the molecule is CC(C)[C@H]1CN(C(=O)NCc2ccc(C#N)s2)CCCO1. The van der Waals surface area contributed by atoms with Gasteiger partial charge in [-0.2, -0.15) is 5.26 Å².